The van der Waals surface area contributed by atoms with E-state index in [9.17, 15) is 0 Å². The molecule has 0 saturated carbocycles. The molecule has 1 saturated heterocycles. The van der Waals surface area contributed by atoms with E-state index in [2.05, 4.69) is 43.4 Å². The Morgan fingerprint density at radius 3 is 2.75 bits per heavy atom. The van der Waals surface area contributed by atoms with Gasteiger partial charge in [0, 0.05) is 0 Å². The zero-order chi connectivity index (χ0) is 11.4. The topological polar surface area (TPSA) is 21.3 Å². The van der Waals surface area contributed by atoms with Crippen LogP contribution in [0.25, 0.3) is 0 Å². The molecule has 88 valence electrons. The van der Waals surface area contributed by atoms with Crippen molar-refractivity contribution in [3.8, 4) is 5.75 Å². The summed E-state index contributed by atoms with van der Waals surface area (Å²) in [5.41, 5.74) is 1.28. The molecular weight excluding hydrogens is 198 g/mol. The van der Waals surface area contributed by atoms with Gasteiger partial charge >= 0.3 is 0 Å². The van der Waals surface area contributed by atoms with Gasteiger partial charge in [-0.3, -0.25) is 0 Å². The van der Waals surface area contributed by atoms with Gasteiger partial charge in [0.2, 0.25) is 0 Å². The predicted molar refractivity (Wildman–Crippen MR) is 66.9 cm³/mol. The van der Waals surface area contributed by atoms with Gasteiger partial charge in [-0.25, -0.2) is 0 Å². The van der Waals surface area contributed by atoms with Crippen LogP contribution in [0.1, 0.15) is 25.3 Å². The molecule has 1 aliphatic heterocycles. The van der Waals surface area contributed by atoms with E-state index in [0.717, 1.165) is 24.6 Å². The molecule has 0 radical (unpaired) electrons. The highest BCUT2D eigenvalue weighted by molar-refractivity contribution is 5.26. The molecule has 2 heteroatoms. The smallest absolute Gasteiger partial charge is 0.119 e. The van der Waals surface area contributed by atoms with Crippen LogP contribution >= 0.6 is 0 Å². The molecule has 0 aromatic heterocycles. The fraction of sp³-hybridized carbons (Fsp3) is 0.571. The molecule has 1 aromatic carbocycles. The maximum Gasteiger partial charge on any atom is 0.119 e. The first-order chi connectivity index (χ1) is 7.74. The zero-order valence-corrected chi connectivity index (χ0v) is 10.2. The zero-order valence-electron chi connectivity index (χ0n) is 10.2. The van der Waals surface area contributed by atoms with Crippen LogP contribution in [-0.4, -0.2) is 19.2 Å². The van der Waals surface area contributed by atoms with E-state index in [1.54, 1.807) is 0 Å². The minimum atomic E-state index is 0.313. The molecule has 1 N–H and O–H groups in total. The molecular formula is C14H21NO. The summed E-state index contributed by atoms with van der Waals surface area (Å²) >= 11 is 0. The fourth-order valence-electron chi connectivity index (χ4n) is 2.28. The lowest BCUT2D eigenvalue weighted by molar-refractivity contribution is 0.189. The number of nitrogens with one attached hydrogen (secondary N) is 1. The van der Waals surface area contributed by atoms with Crippen LogP contribution in [0.4, 0.5) is 0 Å². The Bertz CT molecular complexity index is 314. The molecule has 2 nitrogen and oxygen atoms in total. The minimum absolute atomic E-state index is 0.313. The lowest BCUT2D eigenvalue weighted by Gasteiger charge is -2.18. The van der Waals surface area contributed by atoms with Gasteiger partial charge in [0.05, 0.1) is 6.10 Å². The highest BCUT2D eigenvalue weighted by Crippen LogP contribution is 2.19. The summed E-state index contributed by atoms with van der Waals surface area (Å²) < 4.78 is 5.90. The summed E-state index contributed by atoms with van der Waals surface area (Å²) in [5.74, 6) is 1.78. The van der Waals surface area contributed by atoms with Gasteiger partial charge in [-0.05, 0) is 57.8 Å². The van der Waals surface area contributed by atoms with Crippen molar-refractivity contribution >= 4 is 0 Å². The normalized spacial score (nSPS) is 22.0. The Kier molecular flexibility index (Phi) is 3.83. The first-order valence-electron chi connectivity index (χ1n) is 6.18. The molecule has 0 bridgehead atoms. The van der Waals surface area contributed by atoms with Crippen LogP contribution in [-0.2, 0) is 0 Å². The Balaban J connectivity index is 1.81. The second-order valence-electron chi connectivity index (χ2n) is 4.84. The molecule has 2 atom stereocenters. The summed E-state index contributed by atoms with van der Waals surface area (Å²) in [4.78, 5) is 0. The first-order valence-corrected chi connectivity index (χ1v) is 6.18. The summed E-state index contributed by atoms with van der Waals surface area (Å²) in [7, 11) is 0. The molecule has 1 heterocycles. The van der Waals surface area contributed by atoms with Crippen LogP contribution in [0.5, 0.6) is 5.75 Å². The van der Waals surface area contributed by atoms with Crippen molar-refractivity contribution in [3.05, 3.63) is 29.8 Å². The summed E-state index contributed by atoms with van der Waals surface area (Å²) in [6, 6.07) is 8.30. The molecule has 16 heavy (non-hydrogen) atoms. The van der Waals surface area contributed by atoms with Gasteiger partial charge in [0.25, 0.3) is 0 Å². The average Bonchev–Trinajstić information content (AvgIpc) is 2.74. The van der Waals surface area contributed by atoms with E-state index in [-0.39, 0.29) is 0 Å². The van der Waals surface area contributed by atoms with E-state index in [4.69, 9.17) is 4.74 Å². The van der Waals surface area contributed by atoms with Crippen LogP contribution in [0.2, 0.25) is 0 Å². The fourth-order valence-corrected chi connectivity index (χ4v) is 2.28. The third-order valence-corrected chi connectivity index (χ3v) is 3.19. The van der Waals surface area contributed by atoms with Crippen molar-refractivity contribution in [2.45, 2.75) is 32.8 Å². The van der Waals surface area contributed by atoms with Crippen molar-refractivity contribution in [2.75, 3.05) is 13.1 Å². The second kappa shape index (κ2) is 5.35. The maximum absolute atomic E-state index is 5.90. The predicted octanol–water partition coefficient (Wildman–Crippen LogP) is 2.76. The highest BCUT2D eigenvalue weighted by atomic mass is 16.5. The average molecular weight is 219 g/mol. The number of rotatable bonds is 4. The minimum Gasteiger partial charge on any atom is -0.491 e. The third-order valence-electron chi connectivity index (χ3n) is 3.19. The van der Waals surface area contributed by atoms with Gasteiger partial charge in [-0.15, -0.1) is 0 Å². The van der Waals surface area contributed by atoms with Gasteiger partial charge in [0.15, 0.2) is 0 Å². The Morgan fingerprint density at radius 1 is 1.38 bits per heavy atom. The summed E-state index contributed by atoms with van der Waals surface area (Å²) in [5, 5.41) is 3.39. The molecule has 0 aliphatic carbocycles. The van der Waals surface area contributed by atoms with Gasteiger partial charge < -0.3 is 10.1 Å². The number of ether oxygens (including phenoxy) is 1. The molecule has 1 fully saturated rings. The highest BCUT2D eigenvalue weighted by Gasteiger charge is 2.18. The number of hydrogen-bond donors (Lipinski definition) is 1. The molecule has 0 spiro atoms. The van der Waals surface area contributed by atoms with Crippen LogP contribution in [0, 0.1) is 12.8 Å². The van der Waals surface area contributed by atoms with Crippen molar-refractivity contribution in [1.29, 1.82) is 0 Å². The standard InChI is InChI=1S/C14H21NO/c1-11-3-5-14(6-4-11)16-12(2)9-13-7-8-15-10-13/h3-6,12-13,15H,7-10H2,1-2H3. The molecule has 0 amide bonds. The van der Waals surface area contributed by atoms with Crippen LogP contribution < -0.4 is 10.1 Å². The van der Waals surface area contributed by atoms with Crippen LogP contribution in [0.3, 0.4) is 0 Å². The maximum atomic E-state index is 5.90. The van der Waals surface area contributed by atoms with Gasteiger partial charge in [-0.2, -0.15) is 0 Å². The first kappa shape index (κ1) is 11.5. The largest absolute Gasteiger partial charge is 0.491 e. The Labute approximate surface area is 98.0 Å². The number of benzene rings is 1. The summed E-state index contributed by atoms with van der Waals surface area (Å²) in [6.45, 7) is 6.58. The van der Waals surface area contributed by atoms with E-state index in [1.165, 1.54) is 18.5 Å². The van der Waals surface area contributed by atoms with E-state index < -0.39 is 0 Å². The van der Waals surface area contributed by atoms with E-state index in [1.807, 2.05) is 0 Å². The Hall–Kier alpha value is -1.02. The molecule has 2 rings (SSSR count). The monoisotopic (exact) mass is 219 g/mol. The quantitative estimate of drug-likeness (QED) is 0.840. The SMILES string of the molecule is Cc1ccc(OC(C)CC2CCNC2)cc1. The van der Waals surface area contributed by atoms with Crippen molar-refractivity contribution in [3.63, 3.8) is 0 Å². The molecule has 1 aromatic rings. The lowest BCUT2D eigenvalue weighted by Crippen LogP contribution is -2.18. The van der Waals surface area contributed by atoms with E-state index in [0.29, 0.717) is 6.10 Å². The second-order valence-corrected chi connectivity index (χ2v) is 4.84. The Morgan fingerprint density at radius 2 is 2.12 bits per heavy atom. The van der Waals surface area contributed by atoms with E-state index >= 15 is 0 Å². The third kappa shape index (κ3) is 3.24. The molecule has 1 aliphatic rings. The summed E-state index contributed by atoms with van der Waals surface area (Å²) in [6.07, 6.45) is 2.76. The van der Waals surface area contributed by atoms with Gasteiger partial charge in [0.1, 0.15) is 5.75 Å². The number of aryl methyl sites for hydroxylation is 1. The van der Waals surface area contributed by atoms with Crippen molar-refractivity contribution in [1.82, 2.24) is 5.32 Å². The molecule has 2 unspecified atom stereocenters. The van der Waals surface area contributed by atoms with Crippen LogP contribution in [0.15, 0.2) is 24.3 Å². The number of hydrogen-bond acceptors (Lipinski definition) is 2. The van der Waals surface area contributed by atoms with Crippen molar-refractivity contribution in [2.24, 2.45) is 5.92 Å². The van der Waals surface area contributed by atoms with Crippen molar-refractivity contribution < 1.29 is 4.74 Å². The van der Waals surface area contributed by atoms with Gasteiger partial charge in [-0.1, -0.05) is 17.7 Å². The lowest BCUT2D eigenvalue weighted by atomic mass is 10.0.